The molecule has 2 aliphatic heterocycles. The average molecular weight is 578 g/mol. The van der Waals surface area contributed by atoms with E-state index in [4.69, 9.17) is 15.8 Å². The number of nitrogens with one attached hydrogen (secondary N) is 1. The molecule has 3 aliphatic rings. The zero-order chi connectivity index (χ0) is 29.2. The Kier molecular flexibility index (Phi) is 9.23. The summed E-state index contributed by atoms with van der Waals surface area (Å²) in [5.41, 5.74) is 7.56. The van der Waals surface area contributed by atoms with Crippen LogP contribution in [0.15, 0.2) is 17.1 Å². The molecular formula is C28H43N5O6S. The van der Waals surface area contributed by atoms with E-state index in [1.807, 2.05) is 13.8 Å². The first-order chi connectivity index (χ1) is 18.8. The number of hydrogen-bond donors (Lipinski definition) is 4. The van der Waals surface area contributed by atoms with Crippen LogP contribution >= 0.6 is 0 Å². The molecule has 2 fully saturated rings. The molecule has 1 aromatic carbocycles. The summed E-state index contributed by atoms with van der Waals surface area (Å²) in [6.07, 6.45) is 4.24. The Bertz CT molecular complexity index is 1230. The first kappa shape index (κ1) is 30.4. The summed E-state index contributed by atoms with van der Waals surface area (Å²) in [6.45, 7) is 5.78. The third kappa shape index (κ3) is 6.50. The monoisotopic (exact) mass is 577 g/mol. The molecule has 1 saturated carbocycles. The Balaban J connectivity index is 1.39. The largest absolute Gasteiger partial charge is 0.394 e. The molecule has 12 heteroatoms. The van der Waals surface area contributed by atoms with Gasteiger partial charge in [0, 0.05) is 24.7 Å². The third-order valence-electron chi connectivity index (χ3n) is 8.82. The van der Waals surface area contributed by atoms with Crippen molar-refractivity contribution < 1.29 is 28.2 Å². The zero-order valence-corrected chi connectivity index (χ0v) is 24.5. The second-order valence-electron chi connectivity index (χ2n) is 11.7. The molecule has 1 saturated heterocycles. The number of piperidine rings is 1. The first-order valence-electron chi connectivity index (χ1n) is 14.2. The van der Waals surface area contributed by atoms with Crippen LogP contribution in [0.25, 0.3) is 0 Å². The van der Waals surface area contributed by atoms with Gasteiger partial charge < -0.3 is 21.3 Å². The topological polar surface area (TPSA) is 166 Å². The number of nitrogens with zero attached hydrogens (tertiary/aromatic N) is 3. The normalized spacial score (nSPS) is 24.0. The summed E-state index contributed by atoms with van der Waals surface area (Å²) < 4.78 is 28.1. The maximum atomic E-state index is 13.3. The molecule has 1 aromatic rings. The van der Waals surface area contributed by atoms with E-state index in [9.17, 15) is 23.1 Å². The predicted molar refractivity (Wildman–Crippen MR) is 154 cm³/mol. The molecule has 11 nitrogen and oxygen atoms in total. The van der Waals surface area contributed by atoms with E-state index in [1.165, 1.54) is 9.21 Å². The molecule has 4 rings (SSSR count). The number of aliphatic hydroxyl groups excluding tert-OH is 2. The molecule has 40 heavy (non-hydrogen) atoms. The van der Waals surface area contributed by atoms with Crippen LogP contribution in [-0.4, -0.2) is 84.3 Å². The highest BCUT2D eigenvalue weighted by Crippen LogP contribution is 2.36. The number of benzene rings is 1. The lowest BCUT2D eigenvalue weighted by atomic mass is 9.82. The third-order valence-corrected chi connectivity index (χ3v) is 10.7. The predicted octanol–water partition coefficient (Wildman–Crippen LogP) is 1.60. The van der Waals surface area contributed by atoms with Crippen LogP contribution in [-0.2, 0) is 21.2 Å². The van der Waals surface area contributed by atoms with Gasteiger partial charge in [-0.3, -0.25) is 14.7 Å². The van der Waals surface area contributed by atoms with Gasteiger partial charge in [0.1, 0.15) is 11.4 Å². The van der Waals surface area contributed by atoms with Crippen LogP contribution in [0.3, 0.4) is 0 Å². The number of amides is 3. The molecule has 0 bridgehead atoms. The fourth-order valence-electron chi connectivity index (χ4n) is 6.21. The van der Waals surface area contributed by atoms with Crippen molar-refractivity contribution in [3.8, 4) is 0 Å². The highest BCUT2D eigenvalue weighted by molar-refractivity contribution is 7.89. The lowest BCUT2D eigenvalue weighted by Crippen LogP contribution is -2.51. The Hall–Kier alpha value is -2.54. The quantitative estimate of drug-likeness (QED) is 0.348. The highest BCUT2D eigenvalue weighted by atomic mass is 32.2. The van der Waals surface area contributed by atoms with Crippen LogP contribution in [0.1, 0.15) is 62.1 Å². The van der Waals surface area contributed by atoms with Crippen molar-refractivity contribution in [1.29, 1.82) is 0 Å². The van der Waals surface area contributed by atoms with Crippen molar-refractivity contribution in [2.24, 2.45) is 22.6 Å². The lowest BCUT2D eigenvalue weighted by Gasteiger charge is -2.35. The number of aryl methyl sites for hydroxylation is 2. The molecular weight excluding hydrogens is 534 g/mol. The summed E-state index contributed by atoms with van der Waals surface area (Å²) in [5, 5.41) is 22.0. The van der Waals surface area contributed by atoms with Crippen LogP contribution in [0, 0.1) is 25.7 Å². The molecule has 5 N–H and O–H groups in total. The number of nitrogens with two attached hydrogens (primary N) is 1. The first-order valence-corrected chi connectivity index (χ1v) is 15.8. The van der Waals surface area contributed by atoms with Crippen molar-refractivity contribution in [1.82, 2.24) is 9.62 Å². The van der Waals surface area contributed by atoms with Crippen molar-refractivity contribution >= 4 is 33.5 Å². The van der Waals surface area contributed by atoms with E-state index in [2.05, 4.69) is 12.2 Å². The van der Waals surface area contributed by atoms with Crippen LogP contribution in [0.5, 0.6) is 0 Å². The molecule has 0 aromatic heterocycles. The van der Waals surface area contributed by atoms with E-state index >= 15 is 0 Å². The SMILES string of the molecule is Cc1cc(N(CC(O)CO)C(N)=O)cc(C)c1CCS(=O)(=O)N1CCC2(CC1)N=C(C1CCC(C)CC1)NC2=O. The minimum absolute atomic E-state index is 0.0786. The number of primary amides is 1. The maximum Gasteiger partial charge on any atom is 0.319 e. The number of carbonyl (C=O) groups is 2. The summed E-state index contributed by atoms with van der Waals surface area (Å²) in [5.74, 6) is 1.61. The van der Waals surface area contributed by atoms with Gasteiger partial charge >= 0.3 is 6.03 Å². The van der Waals surface area contributed by atoms with E-state index in [0.29, 0.717) is 30.9 Å². The van der Waals surface area contributed by atoms with E-state index in [-0.39, 0.29) is 37.2 Å². The van der Waals surface area contributed by atoms with Gasteiger partial charge in [-0.05, 0) is 80.7 Å². The van der Waals surface area contributed by atoms with Crippen molar-refractivity contribution in [3.63, 3.8) is 0 Å². The van der Waals surface area contributed by atoms with Gasteiger partial charge in [0.05, 0.1) is 25.0 Å². The van der Waals surface area contributed by atoms with Crippen LogP contribution in [0.2, 0.25) is 0 Å². The van der Waals surface area contributed by atoms with Crippen LogP contribution in [0.4, 0.5) is 10.5 Å². The molecule has 1 aliphatic carbocycles. The van der Waals surface area contributed by atoms with Gasteiger partial charge in [-0.25, -0.2) is 17.5 Å². The Morgan fingerprint density at radius 3 is 2.35 bits per heavy atom. The maximum absolute atomic E-state index is 13.3. The smallest absolute Gasteiger partial charge is 0.319 e. The number of sulfonamides is 1. The molecule has 3 amide bonds. The molecule has 1 spiro atoms. The Labute approximate surface area is 236 Å². The number of urea groups is 1. The van der Waals surface area contributed by atoms with Gasteiger partial charge in [-0.1, -0.05) is 19.8 Å². The fraction of sp³-hybridized carbons (Fsp3) is 0.679. The average Bonchev–Trinajstić information content (AvgIpc) is 3.21. The standard InChI is InChI=1S/C28H43N5O6S/c1-18-4-6-21(7-5-18)25-30-26(36)28(31-25)9-11-32(12-10-28)40(38,39)13-8-24-19(2)14-22(15-20(24)3)33(27(29)37)16-23(35)17-34/h14-15,18,21,23,34-35H,4-13,16-17H2,1-3H3,(H2,29,37)(H,30,31,36). The second-order valence-corrected chi connectivity index (χ2v) is 13.8. The van der Waals surface area contributed by atoms with Gasteiger partial charge in [0.2, 0.25) is 10.0 Å². The fourth-order valence-corrected chi connectivity index (χ4v) is 7.67. The van der Waals surface area contributed by atoms with Gasteiger partial charge in [0.25, 0.3) is 5.91 Å². The second kappa shape index (κ2) is 12.1. The zero-order valence-electron chi connectivity index (χ0n) is 23.7. The van der Waals surface area contributed by atoms with E-state index in [0.717, 1.165) is 48.2 Å². The number of amidine groups is 1. The van der Waals surface area contributed by atoms with Crippen molar-refractivity contribution in [2.75, 3.05) is 36.9 Å². The summed E-state index contributed by atoms with van der Waals surface area (Å²) in [6, 6.07) is 2.70. The van der Waals surface area contributed by atoms with Gasteiger partial charge in [0.15, 0.2) is 0 Å². The molecule has 0 radical (unpaired) electrons. The van der Waals surface area contributed by atoms with E-state index in [1.54, 1.807) is 12.1 Å². The van der Waals surface area contributed by atoms with Gasteiger partial charge in [-0.15, -0.1) is 0 Å². The summed E-state index contributed by atoms with van der Waals surface area (Å²) in [7, 11) is -3.57. The summed E-state index contributed by atoms with van der Waals surface area (Å²) >= 11 is 0. The van der Waals surface area contributed by atoms with Gasteiger partial charge in [-0.2, -0.15) is 0 Å². The molecule has 1 atom stereocenters. The summed E-state index contributed by atoms with van der Waals surface area (Å²) in [4.78, 5) is 31.0. The van der Waals surface area contributed by atoms with Crippen molar-refractivity contribution in [3.05, 3.63) is 28.8 Å². The number of carbonyl (C=O) groups excluding carboxylic acids is 2. The van der Waals surface area contributed by atoms with E-state index < -0.39 is 34.3 Å². The Morgan fingerprint density at radius 2 is 1.80 bits per heavy atom. The molecule has 1 unspecified atom stereocenters. The minimum Gasteiger partial charge on any atom is -0.394 e. The molecule has 2 heterocycles. The number of aliphatic imine (C=N–C) groups is 1. The Morgan fingerprint density at radius 1 is 1.20 bits per heavy atom. The number of rotatable bonds is 9. The highest BCUT2D eigenvalue weighted by Gasteiger charge is 2.48. The number of aliphatic hydroxyl groups is 2. The van der Waals surface area contributed by atoms with Crippen molar-refractivity contribution in [2.45, 2.75) is 77.4 Å². The lowest BCUT2D eigenvalue weighted by molar-refractivity contribution is -0.125. The van der Waals surface area contributed by atoms with Crippen LogP contribution < -0.4 is 16.0 Å². The number of hydrogen-bond acceptors (Lipinski definition) is 7. The molecule has 222 valence electrons. The number of anilines is 1. The minimum atomic E-state index is -3.57.